The van der Waals surface area contributed by atoms with Crippen molar-refractivity contribution in [2.75, 3.05) is 33.4 Å². The molecule has 1 aromatic heterocycles. The molecule has 1 rings (SSSR count). The Morgan fingerprint density at radius 2 is 1.90 bits per heavy atom. The van der Waals surface area contributed by atoms with E-state index in [1.807, 2.05) is 36.9 Å². The van der Waals surface area contributed by atoms with Crippen LogP contribution in [0, 0.1) is 5.41 Å². The normalized spacial score (nSPS) is 12.8. The van der Waals surface area contributed by atoms with E-state index in [0.29, 0.717) is 23.1 Å². The number of hydrogen-bond acceptors (Lipinski definition) is 7. The van der Waals surface area contributed by atoms with Gasteiger partial charge in [-0.25, -0.2) is 8.42 Å². The third-order valence-electron chi connectivity index (χ3n) is 4.26. The van der Waals surface area contributed by atoms with Crippen molar-refractivity contribution in [1.82, 2.24) is 23.2 Å². The van der Waals surface area contributed by atoms with Crippen LogP contribution >= 0.6 is 0 Å². The average Bonchev–Trinajstić information content (AvgIpc) is 3.05. The fourth-order valence-electron chi connectivity index (χ4n) is 2.81. The zero-order valence-corrected chi connectivity index (χ0v) is 19.5. The summed E-state index contributed by atoms with van der Waals surface area (Å²) in [6.07, 6.45) is 3.85. The van der Waals surface area contributed by atoms with Gasteiger partial charge in [0.05, 0.1) is 12.3 Å². The van der Waals surface area contributed by atoms with E-state index in [1.165, 1.54) is 0 Å². The third-order valence-corrected chi connectivity index (χ3v) is 7.79. The molecule has 1 aromatic rings. The van der Waals surface area contributed by atoms with Crippen LogP contribution in [0.4, 0.5) is 0 Å². The quantitative estimate of drug-likeness (QED) is 0.320. The molecule has 3 N–H and O–H groups in total. The topological polar surface area (TPSA) is 128 Å². The minimum Gasteiger partial charge on any atom is -0.353 e. The molecule has 0 bridgehead atoms. The molecular formula is C17H34N6O4S2. The lowest BCUT2D eigenvalue weighted by Crippen LogP contribution is -2.46. The maximum Gasteiger partial charge on any atom is 0.315 e. The van der Waals surface area contributed by atoms with Crippen LogP contribution in [0.15, 0.2) is 30.7 Å². The van der Waals surface area contributed by atoms with Gasteiger partial charge in [0, 0.05) is 32.5 Å². The molecule has 0 amide bonds. The maximum absolute atomic E-state index is 12.7. The molecule has 168 valence electrons. The highest BCUT2D eigenvalue weighted by molar-refractivity contribution is 8.02. The van der Waals surface area contributed by atoms with Crippen molar-refractivity contribution in [2.24, 2.45) is 7.05 Å². The summed E-state index contributed by atoms with van der Waals surface area (Å²) >= 11 is 0. The van der Waals surface area contributed by atoms with E-state index in [4.69, 9.17) is 5.41 Å². The van der Waals surface area contributed by atoms with Crippen molar-refractivity contribution in [1.29, 1.82) is 5.41 Å². The van der Waals surface area contributed by atoms with Gasteiger partial charge in [0.15, 0.2) is 0 Å². The Morgan fingerprint density at radius 3 is 2.31 bits per heavy atom. The Morgan fingerprint density at radius 1 is 1.31 bits per heavy atom. The van der Waals surface area contributed by atoms with E-state index in [0.717, 1.165) is 11.9 Å². The molecule has 0 aromatic carbocycles. The molecule has 0 aliphatic carbocycles. The number of sulfonamides is 1. The van der Waals surface area contributed by atoms with Crippen LogP contribution < -0.4 is 10.0 Å². The van der Waals surface area contributed by atoms with Crippen molar-refractivity contribution in [3.8, 4) is 0 Å². The van der Waals surface area contributed by atoms with Gasteiger partial charge in [0.1, 0.15) is 5.82 Å². The molecule has 0 radical (unpaired) electrons. The lowest BCUT2D eigenvalue weighted by molar-refractivity contribution is 0.281. The fraction of sp³-hybridized carbons (Fsp3) is 0.588. The Bertz CT molecular complexity index is 851. The molecule has 0 fully saturated rings. The maximum atomic E-state index is 12.7. The van der Waals surface area contributed by atoms with Gasteiger partial charge in [-0.05, 0) is 45.3 Å². The number of nitrogens with one attached hydrogen (secondary N) is 3. The molecule has 1 heterocycles. The molecule has 0 saturated heterocycles. The minimum atomic E-state index is -4.31. The number of aromatic nitrogens is 1. The van der Waals surface area contributed by atoms with E-state index in [9.17, 15) is 16.8 Å². The van der Waals surface area contributed by atoms with Crippen molar-refractivity contribution in [3.63, 3.8) is 0 Å². The Labute approximate surface area is 175 Å². The number of rotatable bonds is 12. The van der Waals surface area contributed by atoms with Crippen LogP contribution in [-0.2, 0) is 27.3 Å². The monoisotopic (exact) mass is 450 g/mol. The molecule has 12 heteroatoms. The zero-order chi connectivity index (χ0) is 22.8. The van der Waals surface area contributed by atoms with Crippen LogP contribution in [0.2, 0.25) is 0 Å². The van der Waals surface area contributed by atoms with E-state index < -0.39 is 20.2 Å². The zero-order valence-electron chi connectivity index (χ0n) is 17.8. The van der Waals surface area contributed by atoms with Crippen molar-refractivity contribution >= 4 is 27.0 Å². The van der Waals surface area contributed by atoms with Gasteiger partial charge >= 0.3 is 10.2 Å². The fourth-order valence-corrected chi connectivity index (χ4v) is 5.72. The smallest absolute Gasteiger partial charge is 0.315 e. The van der Waals surface area contributed by atoms with Crippen LogP contribution in [0.1, 0.15) is 31.5 Å². The minimum absolute atomic E-state index is 0.102. The van der Waals surface area contributed by atoms with E-state index in [2.05, 4.69) is 23.3 Å². The van der Waals surface area contributed by atoms with E-state index >= 15 is 0 Å². The average molecular weight is 451 g/mol. The summed E-state index contributed by atoms with van der Waals surface area (Å²) in [5.41, 5.74) is 0.995. The first kappa shape index (κ1) is 27.1. The van der Waals surface area contributed by atoms with Crippen LogP contribution in [0.25, 0.3) is 0 Å². The Hall–Kier alpha value is -1.89. The van der Waals surface area contributed by atoms with Gasteiger partial charge in [0.25, 0.3) is 0 Å². The van der Waals surface area contributed by atoms with Crippen LogP contribution in [0.5, 0.6) is 0 Å². The van der Waals surface area contributed by atoms with Gasteiger partial charge in [-0.1, -0.05) is 17.2 Å². The lowest BCUT2D eigenvalue weighted by Gasteiger charge is -2.32. The van der Waals surface area contributed by atoms with Crippen LogP contribution in [-0.4, -0.2) is 70.2 Å². The summed E-state index contributed by atoms with van der Waals surface area (Å²) < 4.78 is 54.0. The lowest BCUT2D eigenvalue weighted by atomic mass is 10.1. The molecule has 0 saturated carbocycles. The first-order valence-corrected chi connectivity index (χ1v) is 12.3. The summed E-state index contributed by atoms with van der Waals surface area (Å²) in [6, 6.07) is 3.75. The highest BCUT2D eigenvalue weighted by Crippen LogP contribution is 2.25. The molecule has 0 aliphatic rings. The second-order valence-electron chi connectivity index (χ2n) is 6.35. The summed E-state index contributed by atoms with van der Waals surface area (Å²) in [4.78, 5) is 1.70. The second-order valence-corrected chi connectivity index (χ2v) is 10.1. The number of aryl methyl sites for hydroxylation is 1. The Balaban J connectivity index is 0.00000379. The third kappa shape index (κ3) is 7.80. The van der Waals surface area contributed by atoms with E-state index in [1.54, 1.807) is 19.0 Å². The largest absolute Gasteiger partial charge is 0.353 e. The molecular weight excluding hydrogens is 416 g/mol. The summed E-state index contributed by atoms with van der Waals surface area (Å²) in [5, 5.41) is 8.36. The van der Waals surface area contributed by atoms with Crippen molar-refractivity contribution in [3.05, 3.63) is 36.4 Å². The Kier molecular flexibility index (Phi) is 11.2. The highest BCUT2D eigenvalue weighted by atomic mass is 32.3. The van der Waals surface area contributed by atoms with Gasteiger partial charge in [-0.15, -0.1) is 0 Å². The second kappa shape index (κ2) is 12.0. The highest BCUT2D eigenvalue weighted by Gasteiger charge is 2.32. The van der Waals surface area contributed by atoms with Gasteiger partial charge < -0.3 is 20.2 Å². The predicted octanol–water partition coefficient (Wildman–Crippen LogP) is 0.850. The first-order valence-electron chi connectivity index (χ1n) is 8.99. The number of nitrogens with zero attached hydrogens (tertiary/aromatic N) is 3. The first-order chi connectivity index (χ1) is 13.5. The van der Waals surface area contributed by atoms with Gasteiger partial charge in [0.2, 0.25) is 10.0 Å². The molecule has 1 unspecified atom stereocenters. The molecule has 10 nitrogen and oxygen atoms in total. The van der Waals surface area contributed by atoms with Gasteiger partial charge in [-0.3, -0.25) is 4.72 Å². The van der Waals surface area contributed by atoms with Crippen molar-refractivity contribution < 1.29 is 16.8 Å². The van der Waals surface area contributed by atoms with Gasteiger partial charge in [-0.2, -0.15) is 8.42 Å². The predicted molar refractivity (Wildman–Crippen MR) is 117 cm³/mol. The van der Waals surface area contributed by atoms with Crippen molar-refractivity contribution in [2.45, 2.75) is 25.8 Å². The van der Waals surface area contributed by atoms with Crippen LogP contribution in [0.3, 0.4) is 0 Å². The SMILES string of the molecule is C=C(NS(=O)(=O)N(CCCNC)S(C)(=O)=O)N(C)C(CC)c1cccn1C.C=N. The number of hydrogen-bond donors (Lipinski definition) is 3. The molecule has 29 heavy (non-hydrogen) atoms. The molecule has 1 atom stereocenters. The molecule has 0 spiro atoms. The standard InChI is InChI=1S/C16H31N5O4S2.CH3N/c1-7-15(16-10-8-12-19(16)4)20(5)14(2)18-27(24,25)21(26(6,22)23)13-9-11-17-3;1-2/h8,10,12,15,17-18H,2,7,9,11,13H2,1,3-6H3;2H,1H2. The summed E-state index contributed by atoms with van der Waals surface area (Å²) in [6.45, 7) is 8.63. The summed E-state index contributed by atoms with van der Waals surface area (Å²) in [7, 11) is -2.92. The summed E-state index contributed by atoms with van der Waals surface area (Å²) in [5.74, 6) is 0.102. The van der Waals surface area contributed by atoms with E-state index in [-0.39, 0.29) is 18.4 Å². The molecule has 0 aliphatic heterocycles.